The summed E-state index contributed by atoms with van der Waals surface area (Å²) in [4.78, 5) is 4.98. The van der Waals surface area contributed by atoms with Gasteiger partial charge in [0.2, 0.25) is 0 Å². The highest BCUT2D eigenvalue weighted by atomic mass is 16.5. The number of hydrogen-bond acceptors (Lipinski definition) is 6. The summed E-state index contributed by atoms with van der Waals surface area (Å²) >= 11 is 0. The lowest BCUT2D eigenvalue weighted by Gasteiger charge is -2.39. The molecule has 0 saturated carbocycles. The minimum atomic E-state index is 0.254. The zero-order valence-corrected chi connectivity index (χ0v) is 15.5. The van der Waals surface area contributed by atoms with Crippen molar-refractivity contribution < 1.29 is 4.74 Å². The highest BCUT2D eigenvalue weighted by molar-refractivity contribution is 5.46. The summed E-state index contributed by atoms with van der Waals surface area (Å²) in [6.07, 6.45) is 3.51. The van der Waals surface area contributed by atoms with Crippen molar-refractivity contribution in [1.82, 2.24) is 25.1 Å². The van der Waals surface area contributed by atoms with Crippen LogP contribution in [0.1, 0.15) is 38.1 Å². The van der Waals surface area contributed by atoms with E-state index in [0.717, 1.165) is 64.4 Å². The largest absolute Gasteiger partial charge is 0.376 e. The lowest BCUT2D eigenvalue weighted by molar-refractivity contribution is 0.0894. The Balaban J connectivity index is 1.41. The number of anilines is 1. The average Bonchev–Trinajstić information content (AvgIpc) is 3.37. The SMILES string of the molecule is CCC(c1nnnn1CC1CCCO1)N1CCN(c2ccccc2)CC1. The molecule has 0 bridgehead atoms. The summed E-state index contributed by atoms with van der Waals surface area (Å²) in [5.74, 6) is 0.983. The Hall–Kier alpha value is -1.99. The van der Waals surface area contributed by atoms with Crippen molar-refractivity contribution >= 4 is 5.69 Å². The first-order valence-electron chi connectivity index (χ1n) is 9.77. The molecule has 0 N–H and O–H groups in total. The van der Waals surface area contributed by atoms with Gasteiger partial charge in [-0.25, -0.2) is 4.68 Å². The van der Waals surface area contributed by atoms with Crippen molar-refractivity contribution in [2.75, 3.05) is 37.7 Å². The van der Waals surface area contributed by atoms with E-state index < -0.39 is 0 Å². The minimum absolute atomic E-state index is 0.254. The highest BCUT2D eigenvalue weighted by Crippen LogP contribution is 2.26. The monoisotopic (exact) mass is 356 g/mol. The van der Waals surface area contributed by atoms with Crippen molar-refractivity contribution in [2.24, 2.45) is 0 Å². The second-order valence-electron chi connectivity index (χ2n) is 7.14. The maximum atomic E-state index is 5.77. The van der Waals surface area contributed by atoms with Gasteiger partial charge < -0.3 is 9.64 Å². The van der Waals surface area contributed by atoms with Crippen LogP contribution in [0.3, 0.4) is 0 Å². The summed E-state index contributed by atoms with van der Waals surface area (Å²) in [5, 5.41) is 12.6. The molecule has 2 unspecified atom stereocenters. The molecule has 2 fully saturated rings. The molecule has 7 nitrogen and oxygen atoms in total. The maximum absolute atomic E-state index is 5.77. The summed E-state index contributed by atoms with van der Waals surface area (Å²) < 4.78 is 7.73. The standard InChI is InChI=1S/C19H28N6O/c1-2-18(19-20-21-22-25(19)15-17-9-6-14-26-17)24-12-10-23(11-13-24)16-7-4-3-5-8-16/h3-5,7-8,17-18H,2,6,9-15H2,1H3. The van der Waals surface area contributed by atoms with E-state index >= 15 is 0 Å². The molecular formula is C19H28N6O. The number of nitrogens with zero attached hydrogens (tertiary/aromatic N) is 6. The Labute approximate surface area is 154 Å². The van der Waals surface area contributed by atoms with Crippen LogP contribution in [-0.4, -0.2) is 64.0 Å². The number of benzene rings is 1. The van der Waals surface area contributed by atoms with E-state index in [1.165, 1.54) is 5.69 Å². The van der Waals surface area contributed by atoms with Gasteiger partial charge in [0.05, 0.1) is 18.7 Å². The van der Waals surface area contributed by atoms with Gasteiger partial charge in [-0.1, -0.05) is 25.1 Å². The van der Waals surface area contributed by atoms with Gasteiger partial charge in [-0.3, -0.25) is 4.90 Å². The fourth-order valence-corrected chi connectivity index (χ4v) is 4.10. The lowest BCUT2D eigenvalue weighted by Crippen LogP contribution is -2.48. The molecule has 1 aromatic carbocycles. The number of aromatic nitrogens is 4. The van der Waals surface area contributed by atoms with E-state index in [0.29, 0.717) is 0 Å². The zero-order valence-electron chi connectivity index (χ0n) is 15.5. The van der Waals surface area contributed by atoms with Crippen molar-refractivity contribution in [2.45, 2.75) is 44.9 Å². The molecule has 2 aromatic rings. The molecule has 140 valence electrons. The van der Waals surface area contributed by atoms with Crippen LogP contribution in [0.2, 0.25) is 0 Å². The van der Waals surface area contributed by atoms with Crippen LogP contribution in [0, 0.1) is 0 Å². The lowest BCUT2D eigenvalue weighted by atomic mass is 10.1. The van der Waals surface area contributed by atoms with E-state index in [4.69, 9.17) is 4.74 Å². The van der Waals surface area contributed by atoms with Crippen LogP contribution in [0.15, 0.2) is 30.3 Å². The Morgan fingerprint density at radius 1 is 1.15 bits per heavy atom. The third-order valence-corrected chi connectivity index (χ3v) is 5.52. The first-order chi connectivity index (χ1) is 12.8. The molecule has 0 amide bonds. The number of ether oxygens (including phenoxy) is 1. The average molecular weight is 356 g/mol. The third kappa shape index (κ3) is 3.73. The van der Waals surface area contributed by atoms with Crippen molar-refractivity contribution in [3.63, 3.8) is 0 Å². The summed E-state index contributed by atoms with van der Waals surface area (Å²) in [6.45, 7) is 7.98. The van der Waals surface area contributed by atoms with E-state index in [2.05, 4.69) is 62.6 Å². The Morgan fingerprint density at radius 3 is 2.65 bits per heavy atom. The number of tetrazole rings is 1. The fourth-order valence-electron chi connectivity index (χ4n) is 4.10. The normalized spacial score (nSPS) is 22.7. The molecular weight excluding hydrogens is 328 g/mol. The molecule has 2 atom stereocenters. The molecule has 0 aliphatic carbocycles. The summed E-state index contributed by atoms with van der Waals surface area (Å²) in [5.41, 5.74) is 1.31. The molecule has 0 radical (unpaired) electrons. The number of hydrogen-bond donors (Lipinski definition) is 0. The van der Waals surface area contributed by atoms with Gasteiger partial charge in [-0.05, 0) is 41.8 Å². The van der Waals surface area contributed by atoms with Gasteiger partial charge in [0, 0.05) is 38.5 Å². The zero-order chi connectivity index (χ0) is 17.8. The molecule has 2 aliphatic rings. The Bertz CT molecular complexity index is 676. The second kappa shape index (κ2) is 8.14. The van der Waals surface area contributed by atoms with Crippen LogP contribution in [0.25, 0.3) is 0 Å². The first kappa shape index (κ1) is 17.4. The van der Waals surface area contributed by atoms with Crippen LogP contribution in [-0.2, 0) is 11.3 Å². The van der Waals surface area contributed by atoms with Gasteiger partial charge in [-0.15, -0.1) is 5.10 Å². The van der Waals surface area contributed by atoms with Gasteiger partial charge in [-0.2, -0.15) is 0 Å². The predicted molar refractivity (Wildman–Crippen MR) is 100 cm³/mol. The molecule has 7 heteroatoms. The number of rotatable bonds is 6. The number of piperazine rings is 1. The molecule has 1 aromatic heterocycles. The minimum Gasteiger partial charge on any atom is -0.376 e. The third-order valence-electron chi connectivity index (χ3n) is 5.52. The van der Waals surface area contributed by atoms with E-state index in [-0.39, 0.29) is 12.1 Å². The van der Waals surface area contributed by atoms with Crippen molar-refractivity contribution in [3.05, 3.63) is 36.2 Å². The second-order valence-corrected chi connectivity index (χ2v) is 7.14. The topological polar surface area (TPSA) is 59.3 Å². The quantitative estimate of drug-likeness (QED) is 0.790. The van der Waals surface area contributed by atoms with E-state index in [9.17, 15) is 0 Å². The van der Waals surface area contributed by atoms with Crippen molar-refractivity contribution in [1.29, 1.82) is 0 Å². The molecule has 2 saturated heterocycles. The van der Waals surface area contributed by atoms with Crippen LogP contribution < -0.4 is 4.90 Å². The smallest absolute Gasteiger partial charge is 0.168 e. The van der Waals surface area contributed by atoms with E-state index in [1.807, 2.05) is 4.68 Å². The van der Waals surface area contributed by atoms with Crippen LogP contribution >= 0.6 is 0 Å². The summed E-state index contributed by atoms with van der Waals surface area (Å²) in [7, 11) is 0. The molecule has 0 spiro atoms. The fraction of sp³-hybridized carbons (Fsp3) is 0.632. The van der Waals surface area contributed by atoms with Gasteiger partial charge >= 0.3 is 0 Å². The van der Waals surface area contributed by atoms with Gasteiger partial charge in [0.25, 0.3) is 0 Å². The number of para-hydroxylation sites is 1. The Morgan fingerprint density at radius 2 is 1.96 bits per heavy atom. The van der Waals surface area contributed by atoms with Crippen LogP contribution in [0.4, 0.5) is 5.69 Å². The van der Waals surface area contributed by atoms with Gasteiger partial charge in [0.15, 0.2) is 5.82 Å². The highest BCUT2D eigenvalue weighted by Gasteiger charge is 2.29. The van der Waals surface area contributed by atoms with E-state index in [1.54, 1.807) is 0 Å². The predicted octanol–water partition coefficient (Wildman–Crippen LogP) is 2.13. The molecule has 4 rings (SSSR count). The first-order valence-corrected chi connectivity index (χ1v) is 9.77. The van der Waals surface area contributed by atoms with Crippen molar-refractivity contribution in [3.8, 4) is 0 Å². The Kier molecular flexibility index (Phi) is 5.45. The molecule has 3 heterocycles. The van der Waals surface area contributed by atoms with Crippen LogP contribution in [0.5, 0.6) is 0 Å². The summed E-state index contributed by atoms with van der Waals surface area (Å²) in [6, 6.07) is 10.9. The molecule has 26 heavy (non-hydrogen) atoms. The molecule has 2 aliphatic heterocycles. The van der Waals surface area contributed by atoms with Gasteiger partial charge in [0.1, 0.15) is 0 Å². The maximum Gasteiger partial charge on any atom is 0.168 e.